The van der Waals surface area contributed by atoms with Gasteiger partial charge in [-0.05, 0) is 23.5 Å². The summed E-state index contributed by atoms with van der Waals surface area (Å²) in [5.74, 6) is 5.65. The molecule has 0 bridgehead atoms. The molecule has 0 spiro atoms. The van der Waals surface area contributed by atoms with E-state index in [1.54, 1.807) is 25.6 Å². The normalized spacial score (nSPS) is 15.4. The molecule has 0 amide bonds. The molecule has 1 rings (SSSR count). The van der Waals surface area contributed by atoms with Gasteiger partial charge in [0.25, 0.3) is 0 Å². The third-order valence-electron chi connectivity index (χ3n) is 3.07. The number of hydrogen-bond acceptors (Lipinski definition) is 5. The summed E-state index contributed by atoms with van der Waals surface area (Å²) in [6.07, 6.45) is 4.13. The SMILES string of the molecule is COC(C(Cc1cnccc1N)NN)C(C)(C)C. The largest absolute Gasteiger partial charge is 0.398 e. The van der Waals surface area contributed by atoms with Crippen molar-refractivity contribution >= 4 is 5.69 Å². The summed E-state index contributed by atoms with van der Waals surface area (Å²) in [6.45, 7) is 6.37. The monoisotopic (exact) mass is 252 g/mol. The van der Waals surface area contributed by atoms with E-state index in [1.165, 1.54) is 0 Å². The van der Waals surface area contributed by atoms with Crippen molar-refractivity contribution in [3.8, 4) is 0 Å². The standard InChI is InChI=1S/C13H24N4O/c1-13(2,3)12(18-4)11(17-15)7-9-8-16-6-5-10(9)14/h5-6,8,11-12,17H,7,15H2,1-4H3,(H2,14,16). The van der Waals surface area contributed by atoms with Crippen LogP contribution in [-0.2, 0) is 11.2 Å². The van der Waals surface area contributed by atoms with E-state index < -0.39 is 0 Å². The minimum Gasteiger partial charge on any atom is -0.398 e. The second-order valence-electron chi connectivity index (χ2n) is 5.57. The third kappa shape index (κ3) is 3.66. The summed E-state index contributed by atoms with van der Waals surface area (Å²) in [7, 11) is 1.70. The van der Waals surface area contributed by atoms with Gasteiger partial charge in [-0.3, -0.25) is 16.3 Å². The van der Waals surface area contributed by atoms with Crippen molar-refractivity contribution in [1.82, 2.24) is 10.4 Å². The fraction of sp³-hybridized carbons (Fsp3) is 0.615. The zero-order valence-corrected chi connectivity index (χ0v) is 11.6. The third-order valence-corrected chi connectivity index (χ3v) is 3.07. The fourth-order valence-electron chi connectivity index (χ4n) is 2.22. The Labute approximate surface area is 109 Å². The van der Waals surface area contributed by atoms with Crippen molar-refractivity contribution in [1.29, 1.82) is 0 Å². The summed E-state index contributed by atoms with van der Waals surface area (Å²) in [6, 6.07) is 1.78. The molecule has 1 aromatic rings. The first-order chi connectivity index (χ1) is 8.40. The van der Waals surface area contributed by atoms with Gasteiger partial charge in [0.05, 0.1) is 12.1 Å². The van der Waals surface area contributed by atoms with Crippen molar-refractivity contribution in [2.75, 3.05) is 12.8 Å². The van der Waals surface area contributed by atoms with E-state index in [4.69, 9.17) is 16.3 Å². The number of rotatable bonds is 5. The number of nitrogen functional groups attached to an aromatic ring is 1. The van der Waals surface area contributed by atoms with Crippen molar-refractivity contribution in [3.63, 3.8) is 0 Å². The maximum Gasteiger partial charge on any atom is 0.0789 e. The van der Waals surface area contributed by atoms with Gasteiger partial charge >= 0.3 is 0 Å². The molecule has 0 radical (unpaired) electrons. The molecule has 0 aliphatic heterocycles. The lowest BCUT2D eigenvalue weighted by Gasteiger charge is -2.35. The molecule has 0 aliphatic rings. The Morgan fingerprint density at radius 1 is 1.44 bits per heavy atom. The van der Waals surface area contributed by atoms with Gasteiger partial charge in [0.2, 0.25) is 0 Å². The molecule has 0 aliphatic carbocycles. The van der Waals surface area contributed by atoms with Crippen LogP contribution < -0.4 is 17.0 Å². The van der Waals surface area contributed by atoms with Gasteiger partial charge in [-0.25, -0.2) is 0 Å². The zero-order valence-electron chi connectivity index (χ0n) is 11.6. The first-order valence-corrected chi connectivity index (χ1v) is 6.07. The van der Waals surface area contributed by atoms with Gasteiger partial charge in [-0.2, -0.15) is 0 Å². The van der Waals surface area contributed by atoms with E-state index in [0.717, 1.165) is 11.3 Å². The van der Waals surface area contributed by atoms with E-state index in [2.05, 4.69) is 31.2 Å². The van der Waals surface area contributed by atoms with Gasteiger partial charge in [-0.1, -0.05) is 20.8 Å². The van der Waals surface area contributed by atoms with Gasteiger partial charge in [-0.15, -0.1) is 0 Å². The van der Waals surface area contributed by atoms with Crippen LogP contribution in [0.15, 0.2) is 18.5 Å². The Morgan fingerprint density at radius 2 is 2.11 bits per heavy atom. The molecule has 0 fully saturated rings. The summed E-state index contributed by atoms with van der Waals surface area (Å²) >= 11 is 0. The maximum atomic E-state index is 5.92. The molecular formula is C13H24N4O. The number of hydrogen-bond donors (Lipinski definition) is 3. The van der Waals surface area contributed by atoms with Gasteiger partial charge in [0, 0.05) is 25.2 Å². The quantitative estimate of drug-likeness (QED) is 0.539. The molecule has 18 heavy (non-hydrogen) atoms. The lowest BCUT2D eigenvalue weighted by Crippen LogP contribution is -2.51. The number of nitrogens with zero attached hydrogens (tertiary/aromatic N) is 1. The first-order valence-electron chi connectivity index (χ1n) is 6.07. The Bertz CT molecular complexity index is 375. The van der Waals surface area contributed by atoms with Gasteiger partial charge in [0.15, 0.2) is 0 Å². The fourth-order valence-corrected chi connectivity index (χ4v) is 2.22. The molecule has 0 saturated heterocycles. The number of pyridine rings is 1. The van der Waals surface area contributed by atoms with Gasteiger partial charge < -0.3 is 10.5 Å². The van der Waals surface area contributed by atoms with Crippen LogP contribution >= 0.6 is 0 Å². The molecule has 5 heteroatoms. The predicted molar refractivity (Wildman–Crippen MR) is 73.7 cm³/mol. The van der Waals surface area contributed by atoms with Crippen LogP contribution in [0.5, 0.6) is 0 Å². The highest BCUT2D eigenvalue weighted by atomic mass is 16.5. The van der Waals surface area contributed by atoms with E-state index in [0.29, 0.717) is 6.42 Å². The summed E-state index contributed by atoms with van der Waals surface area (Å²) in [5.41, 5.74) is 10.4. The van der Waals surface area contributed by atoms with E-state index >= 15 is 0 Å². The second kappa shape index (κ2) is 6.13. The maximum absolute atomic E-state index is 5.92. The van der Waals surface area contributed by atoms with Crippen LogP contribution in [-0.4, -0.2) is 24.2 Å². The lowest BCUT2D eigenvalue weighted by molar-refractivity contribution is -0.0110. The molecule has 102 valence electrons. The minimum absolute atomic E-state index is 0.0112. The summed E-state index contributed by atoms with van der Waals surface area (Å²) in [5, 5.41) is 0. The molecule has 5 N–H and O–H groups in total. The highest BCUT2D eigenvalue weighted by Gasteiger charge is 2.32. The van der Waals surface area contributed by atoms with Crippen LogP contribution in [0.25, 0.3) is 0 Å². The number of aromatic nitrogens is 1. The molecule has 1 heterocycles. The number of anilines is 1. The van der Waals surface area contributed by atoms with Crippen LogP contribution in [0.2, 0.25) is 0 Å². The minimum atomic E-state index is -0.0125. The van der Waals surface area contributed by atoms with E-state index in [9.17, 15) is 0 Å². The second-order valence-corrected chi connectivity index (χ2v) is 5.57. The van der Waals surface area contributed by atoms with E-state index in [-0.39, 0.29) is 17.6 Å². The van der Waals surface area contributed by atoms with Crippen LogP contribution in [0.4, 0.5) is 5.69 Å². The topological polar surface area (TPSA) is 86.2 Å². The average molecular weight is 252 g/mol. The van der Waals surface area contributed by atoms with Crippen LogP contribution in [0.3, 0.4) is 0 Å². The summed E-state index contributed by atoms with van der Waals surface area (Å²) in [4.78, 5) is 4.09. The van der Waals surface area contributed by atoms with Crippen molar-refractivity contribution < 1.29 is 4.74 Å². The molecule has 2 unspecified atom stereocenters. The molecule has 2 atom stereocenters. The number of ether oxygens (including phenoxy) is 1. The highest BCUT2D eigenvalue weighted by molar-refractivity contribution is 5.44. The van der Waals surface area contributed by atoms with Crippen molar-refractivity contribution in [2.45, 2.75) is 39.3 Å². The number of methoxy groups -OCH3 is 1. The van der Waals surface area contributed by atoms with Crippen molar-refractivity contribution in [2.24, 2.45) is 11.3 Å². The molecule has 5 nitrogen and oxygen atoms in total. The molecule has 1 aromatic heterocycles. The highest BCUT2D eigenvalue weighted by Crippen LogP contribution is 2.26. The molecular weight excluding hydrogens is 228 g/mol. The predicted octanol–water partition coefficient (Wildman–Crippen LogP) is 1.10. The molecule has 0 saturated carbocycles. The smallest absolute Gasteiger partial charge is 0.0789 e. The lowest BCUT2D eigenvalue weighted by atomic mass is 9.82. The van der Waals surface area contributed by atoms with Gasteiger partial charge in [0.1, 0.15) is 0 Å². The summed E-state index contributed by atoms with van der Waals surface area (Å²) < 4.78 is 5.58. The van der Waals surface area contributed by atoms with Crippen molar-refractivity contribution in [3.05, 3.63) is 24.0 Å². The average Bonchev–Trinajstić information content (AvgIpc) is 2.29. The number of hydrazine groups is 1. The Kier molecular flexibility index (Phi) is 5.07. The van der Waals surface area contributed by atoms with Crippen LogP contribution in [0.1, 0.15) is 26.3 Å². The Balaban J connectivity index is 2.88. The van der Waals surface area contributed by atoms with E-state index in [1.807, 2.05) is 0 Å². The zero-order chi connectivity index (χ0) is 13.8. The Hall–Kier alpha value is -1.17. The number of nitrogens with two attached hydrogens (primary N) is 2. The number of nitrogens with one attached hydrogen (secondary N) is 1. The first kappa shape index (κ1) is 14.9. The Morgan fingerprint density at radius 3 is 2.56 bits per heavy atom. The molecule has 0 aromatic carbocycles. The van der Waals surface area contributed by atoms with Crippen LogP contribution in [0, 0.1) is 5.41 Å².